The largest absolute Gasteiger partial charge is 0.394 e. The first-order chi connectivity index (χ1) is 45.8. The van der Waals surface area contributed by atoms with E-state index in [1.54, 1.807) is 6.08 Å². The highest BCUT2D eigenvalue weighted by molar-refractivity contribution is 5.76. The van der Waals surface area contributed by atoms with E-state index < -0.39 is 124 Å². The molecule has 1 amide bonds. The molecule has 3 fully saturated rings. The van der Waals surface area contributed by atoms with Gasteiger partial charge in [-0.05, 0) is 89.9 Å². The summed E-state index contributed by atoms with van der Waals surface area (Å²) in [6, 6.07) is -1.01. The van der Waals surface area contributed by atoms with Crippen LogP contribution in [0.4, 0.5) is 0 Å². The third-order valence-electron chi connectivity index (χ3n) is 17.6. The molecule has 542 valence electrons. The molecule has 3 aliphatic rings. The quantitative estimate of drug-likeness (QED) is 0.0199. The van der Waals surface area contributed by atoms with Crippen LogP contribution < -0.4 is 5.32 Å². The van der Waals surface area contributed by atoms with Crippen LogP contribution in [0.15, 0.2) is 97.2 Å². The standard InChI is InChI=1S/C75H129NO18/c1-3-5-7-9-11-13-15-17-19-21-23-25-27-29-31-33-35-37-39-41-43-45-47-49-51-53-63(81)76-58(59(80)52-50-48-46-44-42-40-38-36-34-32-30-28-26-24-22-20-18-16-14-12-10-8-6-4-2)57-89-73-69(87)66(84)71(61(55-78)91-73)94-75-70(88)67(85)72(62(56-79)92-75)93-74-68(86)65(83)64(82)60(54-77)90-74/h5,7,11,13,17,19,23,25,29,31,34,36,42,44,50,52,58-62,64-75,77-80,82-88H,3-4,6,8-10,12,14-16,18,20-22,24,26-28,30,32-33,35,37-41,43,45-49,51,53-57H2,1-2H3,(H,76,81)/b7-5-,13-11-,19-17-,25-23-,31-29-,36-34+,44-42+,52-50+. The number of allylic oxidation sites excluding steroid dienone is 15. The fourth-order valence-electron chi connectivity index (χ4n) is 11.7. The summed E-state index contributed by atoms with van der Waals surface area (Å²) in [5, 5.41) is 121. The maximum atomic E-state index is 13.4. The van der Waals surface area contributed by atoms with Gasteiger partial charge in [0.05, 0.1) is 38.6 Å². The molecular weight excluding hydrogens is 1200 g/mol. The molecule has 0 aliphatic carbocycles. The molecule has 12 N–H and O–H groups in total. The molecular formula is C75H129NO18. The summed E-state index contributed by atoms with van der Waals surface area (Å²) in [6.45, 7) is 1.59. The second-order valence-corrected chi connectivity index (χ2v) is 25.6. The number of ether oxygens (including phenoxy) is 6. The van der Waals surface area contributed by atoms with Crippen LogP contribution in [0, 0.1) is 0 Å². The SMILES string of the molecule is CC/C=C\C/C=C\C/C=C\C/C=C\C/C=C\CCCCCCCCCCCC(=O)NC(COC1OC(CO)C(OC2OC(CO)C(OC3OC(CO)C(O)C(O)C3O)C(O)C2O)C(O)C1O)C(O)/C=C/CC/C=C/CC/C=C/CCCCCCCCCCCCCCCC. The van der Waals surface area contributed by atoms with Gasteiger partial charge in [0, 0.05) is 6.42 Å². The lowest BCUT2D eigenvalue weighted by Gasteiger charge is -2.48. The summed E-state index contributed by atoms with van der Waals surface area (Å²) in [5.74, 6) is -0.299. The van der Waals surface area contributed by atoms with Gasteiger partial charge in [0.1, 0.15) is 73.2 Å². The van der Waals surface area contributed by atoms with E-state index in [1.807, 2.05) is 6.08 Å². The third-order valence-corrected chi connectivity index (χ3v) is 17.6. The number of hydrogen-bond donors (Lipinski definition) is 12. The van der Waals surface area contributed by atoms with Crippen LogP contribution in [0.5, 0.6) is 0 Å². The summed E-state index contributed by atoms with van der Waals surface area (Å²) < 4.78 is 34.4. The average molecular weight is 1330 g/mol. The summed E-state index contributed by atoms with van der Waals surface area (Å²) in [6.07, 6.45) is 46.6. The number of aliphatic hydroxyl groups is 11. The van der Waals surface area contributed by atoms with E-state index in [-0.39, 0.29) is 18.9 Å². The van der Waals surface area contributed by atoms with Crippen LogP contribution in [0.2, 0.25) is 0 Å². The minimum absolute atomic E-state index is 0.219. The Kier molecular flexibility index (Phi) is 50.2. The number of unbranched alkanes of at least 4 members (excludes halogenated alkanes) is 25. The van der Waals surface area contributed by atoms with Crippen LogP contribution >= 0.6 is 0 Å². The minimum Gasteiger partial charge on any atom is -0.394 e. The number of carbonyl (C=O) groups is 1. The lowest BCUT2D eigenvalue weighted by Crippen LogP contribution is -2.66. The van der Waals surface area contributed by atoms with Crippen molar-refractivity contribution in [3.63, 3.8) is 0 Å². The number of rotatable bonds is 55. The van der Waals surface area contributed by atoms with Crippen LogP contribution in [0.25, 0.3) is 0 Å². The van der Waals surface area contributed by atoms with E-state index in [4.69, 9.17) is 28.4 Å². The smallest absolute Gasteiger partial charge is 0.220 e. The lowest BCUT2D eigenvalue weighted by molar-refractivity contribution is -0.379. The lowest BCUT2D eigenvalue weighted by atomic mass is 9.96. The molecule has 0 saturated carbocycles. The molecule has 0 bridgehead atoms. The van der Waals surface area contributed by atoms with Crippen LogP contribution in [-0.2, 0) is 33.2 Å². The molecule has 17 unspecified atom stereocenters. The Bertz CT molecular complexity index is 2080. The first kappa shape index (κ1) is 84.9. The van der Waals surface area contributed by atoms with E-state index >= 15 is 0 Å². The summed E-state index contributed by atoms with van der Waals surface area (Å²) in [5.41, 5.74) is 0. The molecule has 0 aromatic heterocycles. The number of nitrogens with one attached hydrogen (secondary N) is 1. The van der Waals surface area contributed by atoms with Gasteiger partial charge in [0.15, 0.2) is 18.9 Å². The van der Waals surface area contributed by atoms with Crippen molar-refractivity contribution in [3.05, 3.63) is 97.2 Å². The van der Waals surface area contributed by atoms with Crippen molar-refractivity contribution in [2.45, 2.75) is 343 Å². The van der Waals surface area contributed by atoms with Crippen molar-refractivity contribution in [2.75, 3.05) is 26.4 Å². The summed E-state index contributed by atoms with van der Waals surface area (Å²) in [4.78, 5) is 13.4. The van der Waals surface area contributed by atoms with Crippen molar-refractivity contribution >= 4 is 5.91 Å². The topological polar surface area (TPSA) is 307 Å². The minimum atomic E-state index is -1.99. The molecule has 17 atom stereocenters. The first-order valence-electron chi connectivity index (χ1n) is 36.5. The molecule has 3 aliphatic heterocycles. The second-order valence-electron chi connectivity index (χ2n) is 25.6. The van der Waals surface area contributed by atoms with Crippen LogP contribution in [-0.4, -0.2) is 193 Å². The van der Waals surface area contributed by atoms with Crippen molar-refractivity contribution in [3.8, 4) is 0 Å². The van der Waals surface area contributed by atoms with Gasteiger partial charge in [-0.25, -0.2) is 0 Å². The van der Waals surface area contributed by atoms with E-state index in [1.165, 1.54) is 116 Å². The van der Waals surface area contributed by atoms with Crippen LogP contribution in [0.1, 0.15) is 239 Å². The zero-order valence-corrected chi connectivity index (χ0v) is 57.4. The Labute approximate surface area is 564 Å². The van der Waals surface area contributed by atoms with E-state index in [0.29, 0.717) is 12.8 Å². The molecule has 3 heterocycles. The number of carbonyl (C=O) groups excluding carboxylic acids is 1. The monoisotopic (exact) mass is 1330 g/mol. The normalized spacial score (nSPS) is 27.9. The van der Waals surface area contributed by atoms with Gasteiger partial charge in [-0.2, -0.15) is 0 Å². The fraction of sp³-hybridized carbons (Fsp3) is 0.773. The molecule has 0 spiro atoms. The maximum absolute atomic E-state index is 13.4. The summed E-state index contributed by atoms with van der Waals surface area (Å²) >= 11 is 0. The first-order valence-corrected chi connectivity index (χ1v) is 36.5. The fourth-order valence-corrected chi connectivity index (χ4v) is 11.7. The molecule has 0 aromatic carbocycles. The highest BCUT2D eigenvalue weighted by Gasteiger charge is 2.53. The predicted octanol–water partition coefficient (Wildman–Crippen LogP) is 10.4. The summed E-state index contributed by atoms with van der Waals surface area (Å²) in [7, 11) is 0. The number of hydrogen-bond acceptors (Lipinski definition) is 18. The van der Waals surface area contributed by atoms with Gasteiger partial charge in [-0.3, -0.25) is 4.79 Å². The number of aliphatic hydroxyl groups excluding tert-OH is 11. The number of amides is 1. The Balaban J connectivity index is 1.45. The van der Waals surface area contributed by atoms with Crippen molar-refractivity contribution in [2.24, 2.45) is 0 Å². The predicted molar refractivity (Wildman–Crippen MR) is 369 cm³/mol. The van der Waals surface area contributed by atoms with E-state index in [9.17, 15) is 61.0 Å². The van der Waals surface area contributed by atoms with Gasteiger partial charge in [0.2, 0.25) is 5.91 Å². The van der Waals surface area contributed by atoms with Gasteiger partial charge in [-0.1, -0.05) is 239 Å². The molecule has 19 nitrogen and oxygen atoms in total. The Morgan fingerprint density at radius 3 is 1.19 bits per heavy atom. The van der Waals surface area contributed by atoms with E-state index in [0.717, 1.165) is 89.9 Å². The Morgan fingerprint density at radius 2 is 0.745 bits per heavy atom. The second kappa shape index (κ2) is 55.6. The zero-order valence-electron chi connectivity index (χ0n) is 57.4. The average Bonchev–Trinajstić information content (AvgIpc) is 0.788. The van der Waals surface area contributed by atoms with Crippen molar-refractivity contribution in [1.82, 2.24) is 5.32 Å². The molecule has 3 rings (SSSR count). The molecule has 0 radical (unpaired) electrons. The van der Waals surface area contributed by atoms with Crippen molar-refractivity contribution < 1.29 is 89.4 Å². The highest BCUT2D eigenvalue weighted by atomic mass is 16.8. The molecule has 94 heavy (non-hydrogen) atoms. The Morgan fingerprint density at radius 1 is 0.394 bits per heavy atom. The van der Waals surface area contributed by atoms with Gasteiger partial charge >= 0.3 is 0 Å². The highest BCUT2D eigenvalue weighted by Crippen LogP contribution is 2.33. The van der Waals surface area contributed by atoms with Crippen molar-refractivity contribution in [1.29, 1.82) is 0 Å². The third kappa shape index (κ3) is 36.5. The van der Waals surface area contributed by atoms with E-state index in [2.05, 4.69) is 104 Å². The molecule has 0 aromatic rings. The molecule has 19 heteroatoms. The maximum Gasteiger partial charge on any atom is 0.220 e. The zero-order chi connectivity index (χ0) is 68.2. The molecule has 3 saturated heterocycles. The van der Waals surface area contributed by atoms with Gasteiger partial charge in [0.25, 0.3) is 0 Å². The van der Waals surface area contributed by atoms with Gasteiger partial charge in [-0.15, -0.1) is 0 Å². The van der Waals surface area contributed by atoms with Crippen LogP contribution in [0.3, 0.4) is 0 Å². The Hall–Kier alpha value is -3.29. The van der Waals surface area contributed by atoms with Gasteiger partial charge < -0.3 is 89.9 Å².